The van der Waals surface area contributed by atoms with Crippen molar-refractivity contribution in [3.63, 3.8) is 0 Å². The van der Waals surface area contributed by atoms with Crippen molar-refractivity contribution in [1.29, 1.82) is 0 Å². The van der Waals surface area contributed by atoms with Gasteiger partial charge in [0.25, 0.3) is 0 Å². The summed E-state index contributed by atoms with van der Waals surface area (Å²) >= 11 is 0. The van der Waals surface area contributed by atoms with Gasteiger partial charge in [-0.25, -0.2) is 19.1 Å². The van der Waals surface area contributed by atoms with E-state index in [0.717, 1.165) is 36.7 Å². The standard InChI is InChI=1S/C16H25N5.C4H4O4/c1-4-5-6-7-8-14-13-18-16-10-9-15(19-21(14)16)17-11-12-20(2)3;5-3(6)1-2-4(7)8/h7-10,13H,4-6,11-12H2,1-3H3,(H,17,19);1-2H,(H,5,6)(H,7,8)/b8-7+;2-1+. The highest BCUT2D eigenvalue weighted by Gasteiger charge is 2.03. The fourth-order valence-electron chi connectivity index (χ4n) is 2.18. The first kappa shape index (κ1) is 23.8. The summed E-state index contributed by atoms with van der Waals surface area (Å²) in [5, 5.41) is 23.6. The van der Waals surface area contributed by atoms with Crippen LogP contribution in [0.1, 0.15) is 31.9 Å². The smallest absolute Gasteiger partial charge is 0.328 e. The second kappa shape index (κ2) is 13.1. The fraction of sp³-hybridized carbons (Fsp3) is 0.400. The molecule has 3 N–H and O–H groups in total. The van der Waals surface area contributed by atoms with Crippen LogP contribution in [0.25, 0.3) is 11.7 Å². The SMILES string of the molecule is CCCC/C=C/c1cnc2ccc(NCCN(C)C)nn12.O=C(O)/C=C/C(=O)O. The number of carboxylic acid groups (broad SMARTS) is 2. The number of nitrogens with zero attached hydrogens (tertiary/aromatic N) is 4. The number of carbonyl (C=O) groups is 2. The summed E-state index contributed by atoms with van der Waals surface area (Å²) in [6, 6.07) is 3.97. The van der Waals surface area contributed by atoms with Crippen LogP contribution in [-0.4, -0.2) is 68.8 Å². The summed E-state index contributed by atoms with van der Waals surface area (Å²) in [5.74, 6) is -1.63. The van der Waals surface area contributed by atoms with E-state index in [9.17, 15) is 9.59 Å². The van der Waals surface area contributed by atoms with E-state index >= 15 is 0 Å². The third-order valence-corrected chi connectivity index (χ3v) is 3.64. The number of anilines is 1. The molecule has 0 fully saturated rings. The van der Waals surface area contributed by atoms with E-state index in [1.807, 2.05) is 22.8 Å². The average Bonchev–Trinajstić information content (AvgIpc) is 3.06. The van der Waals surface area contributed by atoms with E-state index < -0.39 is 11.9 Å². The molecule has 0 atom stereocenters. The summed E-state index contributed by atoms with van der Waals surface area (Å²) in [6.45, 7) is 4.06. The van der Waals surface area contributed by atoms with Gasteiger partial charge in [0.2, 0.25) is 0 Å². The summed E-state index contributed by atoms with van der Waals surface area (Å²) < 4.78 is 1.89. The van der Waals surface area contributed by atoms with Gasteiger partial charge < -0.3 is 20.4 Å². The molecule has 158 valence electrons. The first-order chi connectivity index (χ1) is 13.8. The highest BCUT2D eigenvalue weighted by Crippen LogP contribution is 2.11. The van der Waals surface area contributed by atoms with Gasteiger partial charge in [-0.2, -0.15) is 0 Å². The number of aromatic nitrogens is 3. The Hall–Kier alpha value is -3.20. The van der Waals surface area contributed by atoms with E-state index in [-0.39, 0.29) is 0 Å². The quantitative estimate of drug-likeness (QED) is 0.409. The van der Waals surface area contributed by atoms with Crippen molar-refractivity contribution >= 4 is 29.5 Å². The monoisotopic (exact) mass is 403 g/mol. The second-order valence-electron chi connectivity index (χ2n) is 6.46. The van der Waals surface area contributed by atoms with Crippen LogP contribution in [0, 0.1) is 0 Å². The predicted molar refractivity (Wildman–Crippen MR) is 113 cm³/mol. The van der Waals surface area contributed by atoms with Gasteiger partial charge in [0.05, 0.1) is 11.9 Å². The van der Waals surface area contributed by atoms with Crippen LogP contribution < -0.4 is 5.32 Å². The number of allylic oxidation sites excluding steroid dienone is 1. The molecule has 0 radical (unpaired) electrons. The molecule has 0 bridgehead atoms. The number of nitrogens with one attached hydrogen (secondary N) is 1. The number of hydrogen-bond acceptors (Lipinski definition) is 6. The normalized spacial score (nSPS) is 11.2. The fourth-order valence-corrected chi connectivity index (χ4v) is 2.18. The minimum atomic E-state index is -1.26. The Kier molecular flexibility index (Phi) is 10.7. The number of imidazole rings is 1. The van der Waals surface area contributed by atoms with E-state index in [1.54, 1.807) is 0 Å². The number of aliphatic carboxylic acids is 2. The number of unbranched alkanes of at least 4 members (excludes halogenated alkanes) is 2. The number of hydrogen-bond donors (Lipinski definition) is 3. The Morgan fingerprint density at radius 1 is 1.21 bits per heavy atom. The second-order valence-corrected chi connectivity index (χ2v) is 6.46. The lowest BCUT2D eigenvalue weighted by atomic mass is 10.2. The molecule has 0 saturated heterocycles. The van der Waals surface area contributed by atoms with Crippen LogP contribution in [0.4, 0.5) is 5.82 Å². The van der Waals surface area contributed by atoms with Gasteiger partial charge in [-0.05, 0) is 38.7 Å². The van der Waals surface area contributed by atoms with Crippen LogP contribution in [0.3, 0.4) is 0 Å². The van der Waals surface area contributed by atoms with Crippen molar-refractivity contribution in [3.8, 4) is 0 Å². The van der Waals surface area contributed by atoms with Crippen molar-refractivity contribution in [2.24, 2.45) is 0 Å². The molecular weight excluding hydrogens is 374 g/mol. The van der Waals surface area contributed by atoms with E-state index in [0.29, 0.717) is 12.2 Å². The van der Waals surface area contributed by atoms with E-state index in [1.165, 1.54) is 12.8 Å². The highest BCUT2D eigenvalue weighted by atomic mass is 16.4. The van der Waals surface area contributed by atoms with Gasteiger partial charge in [0.15, 0.2) is 5.65 Å². The summed E-state index contributed by atoms with van der Waals surface area (Å²) in [7, 11) is 4.13. The van der Waals surface area contributed by atoms with Gasteiger partial charge in [-0.3, -0.25) is 0 Å². The molecule has 2 aromatic rings. The van der Waals surface area contributed by atoms with Crippen LogP contribution in [0.2, 0.25) is 0 Å². The van der Waals surface area contributed by atoms with Crippen molar-refractivity contribution in [3.05, 3.63) is 42.3 Å². The number of carboxylic acids is 2. The summed E-state index contributed by atoms with van der Waals surface area (Å²) in [4.78, 5) is 25.6. The molecule has 2 rings (SSSR count). The molecule has 0 unspecified atom stereocenters. The molecule has 9 nitrogen and oxygen atoms in total. The van der Waals surface area contributed by atoms with Crippen LogP contribution in [0.15, 0.2) is 36.6 Å². The van der Waals surface area contributed by atoms with Gasteiger partial charge in [-0.15, -0.1) is 5.10 Å². The third-order valence-electron chi connectivity index (χ3n) is 3.64. The molecule has 9 heteroatoms. The van der Waals surface area contributed by atoms with E-state index in [2.05, 4.69) is 53.5 Å². The zero-order chi connectivity index (χ0) is 21.6. The van der Waals surface area contributed by atoms with Crippen LogP contribution in [0.5, 0.6) is 0 Å². The first-order valence-electron chi connectivity index (χ1n) is 9.37. The molecule has 0 amide bonds. The van der Waals surface area contributed by atoms with E-state index in [4.69, 9.17) is 10.2 Å². The number of likely N-dealkylation sites (N-methyl/N-ethyl adjacent to an activating group) is 1. The largest absolute Gasteiger partial charge is 0.478 e. The molecule has 0 aromatic carbocycles. The third kappa shape index (κ3) is 10.1. The van der Waals surface area contributed by atoms with Crippen LogP contribution >= 0.6 is 0 Å². The lowest BCUT2D eigenvalue weighted by Gasteiger charge is -2.10. The maximum atomic E-state index is 9.55. The minimum absolute atomic E-state index is 0.558. The Morgan fingerprint density at radius 3 is 2.48 bits per heavy atom. The number of rotatable bonds is 10. The molecule has 29 heavy (non-hydrogen) atoms. The molecule has 0 aliphatic carbocycles. The topological polar surface area (TPSA) is 120 Å². The molecule has 2 heterocycles. The number of fused-ring (bicyclic) bond motifs is 1. The minimum Gasteiger partial charge on any atom is -0.478 e. The van der Waals surface area contributed by atoms with Crippen LogP contribution in [-0.2, 0) is 9.59 Å². The van der Waals surface area contributed by atoms with Gasteiger partial charge in [0.1, 0.15) is 5.82 Å². The Labute approximate surface area is 170 Å². The summed E-state index contributed by atoms with van der Waals surface area (Å²) in [6.07, 6.45) is 10.8. The van der Waals surface area contributed by atoms with Gasteiger partial charge >= 0.3 is 11.9 Å². The van der Waals surface area contributed by atoms with Crippen molar-refractivity contribution in [1.82, 2.24) is 19.5 Å². The molecule has 0 spiro atoms. The highest BCUT2D eigenvalue weighted by molar-refractivity contribution is 5.89. The average molecular weight is 403 g/mol. The predicted octanol–water partition coefficient (Wildman–Crippen LogP) is 2.62. The van der Waals surface area contributed by atoms with Crippen molar-refractivity contribution in [2.75, 3.05) is 32.5 Å². The maximum absolute atomic E-state index is 9.55. The lowest BCUT2D eigenvalue weighted by molar-refractivity contribution is -0.134. The maximum Gasteiger partial charge on any atom is 0.328 e. The molecular formula is C20H29N5O4. The van der Waals surface area contributed by atoms with Crippen molar-refractivity contribution in [2.45, 2.75) is 26.2 Å². The Morgan fingerprint density at radius 2 is 1.90 bits per heavy atom. The van der Waals surface area contributed by atoms with Crippen molar-refractivity contribution < 1.29 is 19.8 Å². The zero-order valence-electron chi connectivity index (χ0n) is 17.1. The molecule has 2 aromatic heterocycles. The summed E-state index contributed by atoms with van der Waals surface area (Å²) in [5.41, 5.74) is 1.90. The lowest BCUT2D eigenvalue weighted by Crippen LogP contribution is -2.21. The Balaban J connectivity index is 0.000000447. The molecule has 0 aliphatic rings. The first-order valence-corrected chi connectivity index (χ1v) is 9.37. The Bertz CT molecular complexity index is 827. The molecule has 0 aliphatic heterocycles. The van der Waals surface area contributed by atoms with Gasteiger partial charge in [-0.1, -0.05) is 25.8 Å². The molecule has 0 saturated carbocycles. The van der Waals surface area contributed by atoms with Gasteiger partial charge in [0, 0.05) is 25.2 Å². The zero-order valence-corrected chi connectivity index (χ0v) is 17.1.